The van der Waals surface area contributed by atoms with E-state index in [0.29, 0.717) is 23.6 Å². The number of aliphatic hydroxyl groups is 1. The fraction of sp³-hybridized carbons (Fsp3) is 0.346. The van der Waals surface area contributed by atoms with Crippen LogP contribution in [0.5, 0.6) is 5.75 Å². The van der Waals surface area contributed by atoms with Crippen LogP contribution in [0.2, 0.25) is 0 Å². The number of aromatic nitrogens is 2. The van der Waals surface area contributed by atoms with Crippen LogP contribution in [0.15, 0.2) is 53.0 Å². The van der Waals surface area contributed by atoms with E-state index in [1.54, 1.807) is 24.3 Å². The number of halogens is 1. The minimum Gasteiger partial charge on any atom is -0.491 e. The second-order valence-corrected chi connectivity index (χ2v) is 9.90. The van der Waals surface area contributed by atoms with E-state index in [9.17, 15) is 9.59 Å². The summed E-state index contributed by atoms with van der Waals surface area (Å²) < 4.78 is 6.37. The normalized spacial score (nSPS) is 16.6. The Balaban J connectivity index is 1.62. The molecule has 1 aliphatic heterocycles. The van der Waals surface area contributed by atoms with Crippen LogP contribution in [0.25, 0.3) is 11.3 Å². The number of H-pyrrole nitrogens is 1. The quantitative estimate of drug-likeness (QED) is 0.334. The molecule has 1 aromatic heterocycles. The van der Waals surface area contributed by atoms with Crippen molar-refractivity contribution < 1.29 is 19.4 Å². The van der Waals surface area contributed by atoms with Crippen molar-refractivity contribution in [2.45, 2.75) is 39.3 Å². The highest BCUT2D eigenvalue weighted by Crippen LogP contribution is 2.35. The highest BCUT2D eigenvalue weighted by Gasteiger charge is 2.44. The molecule has 3 aromatic rings. The van der Waals surface area contributed by atoms with Crippen LogP contribution in [0.4, 0.5) is 4.79 Å². The summed E-state index contributed by atoms with van der Waals surface area (Å²) in [4.78, 5) is 36.0. The number of aliphatic hydroxyl groups excluding tert-OH is 1. The Labute approximate surface area is 212 Å². The van der Waals surface area contributed by atoms with Crippen molar-refractivity contribution in [2.75, 3.05) is 13.2 Å². The number of aromatic amines is 1. The van der Waals surface area contributed by atoms with Crippen LogP contribution in [-0.4, -0.2) is 45.1 Å². The number of benzene rings is 2. The first kappa shape index (κ1) is 24.9. The van der Waals surface area contributed by atoms with Gasteiger partial charge in [0.15, 0.2) is 0 Å². The molecule has 0 saturated carbocycles. The predicted molar refractivity (Wildman–Crippen MR) is 136 cm³/mol. The maximum atomic E-state index is 13.5. The molecular weight excluding hydrogens is 512 g/mol. The van der Waals surface area contributed by atoms with E-state index in [2.05, 4.69) is 40.1 Å². The number of hydrogen-bond acceptors (Lipinski definition) is 5. The SMILES string of the molecule is Cc1[nH]c([C@H](CC(C)C)N2C(=O)NC(c3ccc(OCCO)cc3)C2=O)nc1-c1ccc(Br)cc1. The van der Waals surface area contributed by atoms with E-state index in [4.69, 9.17) is 14.8 Å². The molecule has 2 atom stereocenters. The van der Waals surface area contributed by atoms with Crippen molar-refractivity contribution in [1.29, 1.82) is 0 Å². The molecule has 3 N–H and O–H groups in total. The van der Waals surface area contributed by atoms with Gasteiger partial charge in [-0.05, 0) is 49.1 Å². The molecule has 0 spiro atoms. The van der Waals surface area contributed by atoms with Crippen molar-refractivity contribution >= 4 is 27.9 Å². The van der Waals surface area contributed by atoms with Crippen molar-refractivity contribution in [3.05, 3.63) is 70.1 Å². The molecule has 2 aromatic carbocycles. The molecule has 1 saturated heterocycles. The molecule has 0 aliphatic carbocycles. The zero-order chi connectivity index (χ0) is 25.1. The number of imide groups is 1. The molecule has 35 heavy (non-hydrogen) atoms. The molecule has 4 rings (SSSR count). The summed E-state index contributed by atoms with van der Waals surface area (Å²) in [5.41, 5.74) is 3.29. The molecule has 1 unspecified atom stereocenters. The van der Waals surface area contributed by atoms with Crippen LogP contribution >= 0.6 is 15.9 Å². The number of nitrogens with zero attached hydrogens (tertiary/aromatic N) is 2. The largest absolute Gasteiger partial charge is 0.491 e. The second-order valence-electron chi connectivity index (χ2n) is 8.98. The Bertz CT molecular complexity index is 1190. The number of rotatable bonds is 9. The van der Waals surface area contributed by atoms with Crippen molar-refractivity contribution in [1.82, 2.24) is 20.2 Å². The maximum absolute atomic E-state index is 13.5. The molecule has 0 bridgehead atoms. The fourth-order valence-corrected chi connectivity index (χ4v) is 4.52. The summed E-state index contributed by atoms with van der Waals surface area (Å²) in [6.45, 7) is 6.16. The summed E-state index contributed by atoms with van der Waals surface area (Å²) >= 11 is 3.46. The molecule has 0 radical (unpaired) electrons. The Kier molecular flexibility index (Phi) is 7.57. The number of nitrogens with one attached hydrogen (secondary N) is 2. The molecule has 8 nitrogen and oxygen atoms in total. The van der Waals surface area contributed by atoms with Gasteiger partial charge in [-0.25, -0.2) is 9.78 Å². The summed E-state index contributed by atoms with van der Waals surface area (Å²) in [7, 11) is 0. The number of urea groups is 1. The number of carbonyl (C=O) groups is 2. The van der Waals surface area contributed by atoms with E-state index in [0.717, 1.165) is 21.4 Å². The Morgan fingerprint density at radius 3 is 2.43 bits per heavy atom. The third kappa shape index (κ3) is 5.41. The molecule has 3 amide bonds. The van der Waals surface area contributed by atoms with Crippen LogP contribution in [-0.2, 0) is 4.79 Å². The van der Waals surface area contributed by atoms with Crippen molar-refractivity contribution in [3.8, 4) is 17.0 Å². The van der Waals surface area contributed by atoms with Gasteiger partial charge in [0.1, 0.15) is 24.2 Å². The second kappa shape index (κ2) is 10.6. The van der Waals surface area contributed by atoms with Gasteiger partial charge >= 0.3 is 6.03 Å². The van der Waals surface area contributed by atoms with Gasteiger partial charge in [-0.3, -0.25) is 9.69 Å². The summed E-state index contributed by atoms with van der Waals surface area (Å²) in [5, 5.41) is 11.7. The summed E-state index contributed by atoms with van der Waals surface area (Å²) in [6.07, 6.45) is 0.576. The van der Waals surface area contributed by atoms with Gasteiger partial charge in [-0.15, -0.1) is 0 Å². The number of imidazole rings is 1. The lowest BCUT2D eigenvalue weighted by Crippen LogP contribution is -2.36. The van der Waals surface area contributed by atoms with Gasteiger partial charge < -0.3 is 20.1 Å². The number of hydrogen-bond donors (Lipinski definition) is 3. The Hall–Kier alpha value is -3.17. The average Bonchev–Trinajstić information content (AvgIpc) is 3.36. The number of carbonyl (C=O) groups excluding carboxylic acids is 2. The third-order valence-corrected chi connectivity index (χ3v) is 6.42. The minimum atomic E-state index is -0.786. The molecule has 2 heterocycles. The van der Waals surface area contributed by atoms with E-state index in [-0.39, 0.29) is 25.0 Å². The van der Waals surface area contributed by atoms with Gasteiger partial charge in [0.2, 0.25) is 0 Å². The highest BCUT2D eigenvalue weighted by molar-refractivity contribution is 9.10. The van der Waals surface area contributed by atoms with Gasteiger partial charge in [-0.1, -0.05) is 54.0 Å². The van der Waals surface area contributed by atoms with Gasteiger partial charge in [0.25, 0.3) is 5.91 Å². The molecule has 1 fully saturated rings. The van der Waals surface area contributed by atoms with E-state index >= 15 is 0 Å². The monoisotopic (exact) mass is 540 g/mol. The Morgan fingerprint density at radius 2 is 1.80 bits per heavy atom. The predicted octanol–water partition coefficient (Wildman–Crippen LogP) is 4.90. The third-order valence-electron chi connectivity index (χ3n) is 5.89. The standard InChI is InChI=1S/C26H29BrN4O4/c1-15(2)14-21(24-28-16(3)22(29-24)17-4-8-19(27)9-5-17)31-25(33)23(30-26(31)34)18-6-10-20(11-7-18)35-13-12-32/h4-11,15,21,23,32H,12-14H2,1-3H3,(H,28,29)(H,30,34)/t21-,23?/m0/s1. The summed E-state index contributed by atoms with van der Waals surface area (Å²) in [5.74, 6) is 1.08. The highest BCUT2D eigenvalue weighted by atomic mass is 79.9. The van der Waals surface area contributed by atoms with E-state index in [1.165, 1.54) is 4.90 Å². The average molecular weight is 541 g/mol. The number of ether oxygens (including phenoxy) is 1. The van der Waals surface area contributed by atoms with Crippen LogP contribution in [0.1, 0.15) is 49.4 Å². The molecule has 9 heteroatoms. The topological polar surface area (TPSA) is 108 Å². The first-order valence-corrected chi connectivity index (χ1v) is 12.4. The van der Waals surface area contributed by atoms with Crippen LogP contribution < -0.4 is 10.1 Å². The molecule has 1 aliphatic rings. The number of amides is 3. The zero-order valence-electron chi connectivity index (χ0n) is 19.9. The van der Waals surface area contributed by atoms with Crippen LogP contribution in [0, 0.1) is 12.8 Å². The van der Waals surface area contributed by atoms with Gasteiger partial charge in [-0.2, -0.15) is 0 Å². The molecular formula is C26H29BrN4O4. The first-order chi connectivity index (χ1) is 16.8. The molecule has 184 valence electrons. The van der Waals surface area contributed by atoms with Crippen molar-refractivity contribution in [2.24, 2.45) is 5.92 Å². The summed E-state index contributed by atoms with van der Waals surface area (Å²) in [6, 6.07) is 13.1. The van der Waals surface area contributed by atoms with Crippen LogP contribution in [0.3, 0.4) is 0 Å². The first-order valence-electron chi connectivity index (χ1n) is 11.6. The Morgan fingerprint density at radius 1 is 1.11 bits per heavy atom. The van der Waals surface area contributed by atoms with Crippen molar-refractivity contribution in [3.63, 3.8) is 0 Å². The van der Waals surface area contributed by atoms with Gasteiger partial charge in [0, 0.05) is 15.7 Å². The fourth-order valence-electron chi connectivity index (χ4n) is 4.25. The van der Waals surface area contributed by atoms with E-state index in [1.807, 2.05) is 31.2 Å². The maximum Gasteiger partial charge on any atom is 0.325 e. The lowest BCUT2D eigenvalue weighted by molar-refractivity contribution is -0.129. The smallest absolute Gasteiger partial charge is 0.325 e. The van der Waals surface area contributed by atoms with Gasteiger partial charge in [0.05, 0.1) is 18.3 Å². The lowest BCUT2D eigenvalue weighted by atomic mass is 10.0. The lowest BCUT2D eigenvalue weighted by Gasteiger charge is -2.25. The minimum absolute atomic E-state index is 0.0824. The number of aryl methyl sites for hydroxylation is 1. The van der Waals surface area contributed by atoms with E-state index < -0.39 is 18.1 Å². The zero-order valence-corrected chi connectivity index (χ0v) is 21.5.